The molecule has 0 saturated heterocycles. The summed E-state index contributed by atoms with van der Waals surface area (Å²) in [5.74, 6) is 0.544. The van der Waals surface area contributed by atoms with Gasteiger partial charge in [-0.2, -0.15) is 0 Å². The third-order valence-electron chi connectivity index (χ3n) is 4.91. The van der Waals surface area contributed by atoms with Gasteiger partial charge in [0.05, 0.1) is 14.2 Å². The van der Waals surface area contributed by atoms with E-state index in [2.05, 4.69) is 55.7 Å². The highest BCUT2D eigenvalue weighted by Crippen LogP contribution is 2.42. The van der Waals surface area contributed by atoms with Crippen molar-refractivity contribution in [1.29, 1.82) is 0 Å². The molecule has 1 nitrogen and oxygen atoms in total. The van der Waals surface area contributed by atoms with Crippen molar-refractivity contribution in [3.63, 3.8) is 0 Å². The number of hydrogen-bond donors (Lipinski definition) is 1. The molecule has 0 aromatic heterocycles. The summed E-state index contributed by atoms with van der Waals surface area (Å²) in [5, 5.41) is 10.6. The molecule has 2 aliphatic carbocycles. The topological polar surface area (TPSA) is 20.2 Å². The summed E-state index contributed by atoms with van der Waals surface area (Å²) in [4.78, 5) is 0. The van der Waals surface area contributed by atoms with Crippen LogP contribution in [0, 0.1) is 5.92 Å². The summed E-state index contributed by atoms with van der Waals surface area (Å²) in [5.41, 5.74) is 7.96. The first kappa shape index (κ1) is 15.8. The molecule has 1 aromatic carbocycles. The van der Waals surface area contributed by atoms with E-state index in [1.54, 1.807) is 0 Å². The van der Waals surface area contributed by atoms with Gasteiger partial charge in [0.1, 0.15) is 0 Å². The van der Waals surface area contributed by atoms with Crippen LogP contribution in [0.1, 0.15) is 36.8 Å². The lowest BCUT2D eigenvalue weighted by Gasteiger charge is -2.28. The maximum Gasteiger partial charge on any atom is 0.0798 e. The van der Waals surface area contributed by atoms with Crippen molar-refractivity contribution < 1.29 is 5.11 Å². The highest BCUT2D eigenvalue weighted by molar-refractivity contribution is 6.80. The highest BCUT2D eigenvalue weighted by Gasteiger charge is 2.30. The van der Waals surface area contributed by atoms with Crippen LogP contribution in [0.4, 0.5) is 0 Å². The normalized spacial score (nSPS) is 29.1. The fraction of sp³-hybridized carbons (Fsp3) is 0.500. The van der Waals surface area contributed by atoms with E-state index < -0.39 is 8.07 Å². The van der Waals surface area contributed by atoms with Crippen LogP contribution in [0.5, 0.6) is 0 Å². The van der Waals surface area contributed by atoms with Gasteiger partial charge in [0.2, 0.25) is 0 Å². The van der Waals surface area contributed by atoms with E-state index in [0.29, 0.717) is 5.92 Å². The average Bonchev–Trinajstić information content (AvgIpc) is 2.92. The first-order valence-electron chi connectivity index (χ1n) is 8.64. The van der Waals surface area contributed by atoms with Crippen molar-refractivity contribution in [1.82, 2.24) is 0 Å². The van der Waals surface area contributed by atoms with E-state index >= 15 is 0 Å². The molecule has 0 bridgehead atoms. The Bertz CT molecular complexity index is 606. The standard InChI is InChI=1S/C20H28OSi/c1-22(2,3)14-13-16-8-6-10-18(16)20-17-9-5-4-7-15(17)11-12-19(20)21/h4-5,7,9,13-14,16,19,21H,6,8,10-12H2,1-3H3/b14-13+,20-18+. The van der Waals surface area contributed by atoms with Crippen molar-refractivity contribution in [3.8, 4) is 0 Å². The zero-order valence-corrected chi connectivity index (χ0v) is 15.1. The molecule has 0 radical (unpaired) electrons. The van der Waals surface area contributed by atoms with Gasteiger partial charge in [-0.3, -0.25) is 0 Å². The van der Waals surface area contributed by atoms with E-state index in [1.165, 1.54) is 35.1 Å². The number of allylic oxidation sites excluding steroid dienone is 2. The summed E-state index contributed by atoms with van der Waals surface area (Å²) >= 11 is 0. The lowest BCUT2D eigenvalue weighted by Crippen LogP contribution is -2.20. The van der Waals surface area contributed by atoms with E-state index in [4.69, 9.17) is 0 Å². The van der Waals surface area contributed by atoms with E-state index in [9.17, 15) is 5.11 Å². The lowest BCUT2D eigenvalue weighted by molar-refractivity contribution is 0.217. The monoisotopic (exact) mass is 312 g/mol. The first-order valence-corrected chi connectivity index (χ1v) is 12.2. The van der Waals surface area contributed by atoms with Gasteiger partial charge in [0.15, 0.2) is 0 Å². The van der Waals surface area contributed by atoms with Crippen LogP contribution in [-0.2, 0) is 6.42 Å². The zero-order chi connectivity index (χ0) is 15.7. The minimum atomic E-state index is -1.16. The second-order valence-electron chi connectivity index (χ2n) is 7.87. The number of benzene rings is 1. The van der Waals surface area contributed by atoms with E-state index in [1.807, 2.05) is 0 Å². The molecule has 3 rings (SSSR count). The Balaban J connectivity index is 2.02. The molecule has 2 aliphatic rings. The van der Waals surface area contributed by atoms with Crippen molar-refractivity contribution in [3.05, 3.63) is 52.7 Å². The van der Waals surface area contributed by atoms with Crippen LogP contribution < -0.4 is 0 Å². The van der Waals surface area contributed by atoms with Crippen LogP contribution in [0.25, 0.3) is 5.57 Å². The molecule has 1 aromatic rings. The molecular formula is C20H28OSi. The maximum atomic E-state index is 10.6. The molecule has 0 aliphatic heterocycles. The predicted octanol–water partition coefficient (Wildman–Crippen LogP) is 4.98. The quantitative estimate of drug-likeness (QED) is 0.764. The largest absolute Gasteiger partial charge is 0.388 e. The van der Waals surface area contributed by atoms with Crippen LogP contribution in [0.2, 0.25) is 19.6 Å². The molecule has 1 fully saturated rings. The van der Waals surface area contributed by atoms with Crippen molar-refractivity contribution in [2.24, 2.45) is 5.92 Å². The molecule has 118 valence electrons. The fourth-order valence-electron chi connectivity index (χ4n) is 3.83. The number of aliphatic hydroxyl groups excluding tert-OH is 1. The summed E-state index contributed by atoms with van der Waals surface area (Å²) in [7, 11) is -1.16. The second kappa shape index (κ2) is 6.17. The second-order valence-corrected chi connectivity index (χ2v) is 12.9. The van der Waals surface area contributed by atoms with E-state index in [0.717, 1.165) is 19.3 Å². The van der Waals surface area contributed by atoms with Crippen LogP contribution >= 0.6 is 0 Å². The Hall–Kier alpha value is -1.12. The Labute approximate surface area is 135 Å². The summed E-state index contributed by atoms with van der Waals surface area (Å²) < 4.78 is 0. The molecule has 2 atom stereocenters. The average molecular weight is 313 g/mol. The van der Waals surface area contributed by atoms with E-state index in [-0.39, 0.29) is 6.10 Å². The van der Waals surface area contributed by atoms with Gasteiger partial charge in [-0.1, -0.05) is 61.3 Å². The predicted molar refractivity (Wildman–Crippen MR) is 97.5 cm³/mol. The van der Waals surface area contributed by atoms with Gasteiger partial charge in [0, 0.05) is 0 Å². The zero-order valence-electron chi connectivity index (χ0n) is 14.1. The minimum absolute atomic E-state index is 0.272. The molecule has 0 amide bonds. The third-order valence-corrected chi connectivity index (χ3v) is 6.10. The summed E-state index contributed by atoms with van der Waals surface area (Å²) in [6.45, 7) is 7.15. The molecule has 1 saturated carbocycles. The fourth-order valence-corrected chi connectivity index (χ4v) is 4.64. The maximum absolute atomic E-state index is 10.6. The van der Waals surface area contributed by atoms with Gasteiger partial charge in [-0.05, 0) is 54.7 Å². The molecule has 0 spiro atoms. The van der Waals surface area contributed by atoms with Crippen LogP contribution in [0.3, 0.4) is 0 Å². The molecule has 0 heterocycles. The molecule has 1 N–H and O–H groups in total. The van der Waals surface area contributed by atoms with Gasteiger partial charge in [-0.15, -0.1) is 0 Å². The number of aliphatic hydroxyl groups is 1. The third kappa shape index (κ3) is 3.28. The number of fused-ring (bicyclic) bond motifs is 1. The Morgan fingerprint density at radius 1 is 1.09 bits per heavy atom. The number of rotatable bonds is 2. The Morgan fingerprint density at radius 2 is 1.86 bits per heavy atom. The summed E-state index contributed by atoms with van der Waals surface area (Å²) in [6.07, 6.45) is 7.71. The van der Waals surface area contributed by atoms with Crippen molar-refractivity contribution in [2.45, 2.75) is 57.8 Å². The smallest absolute Gasteiger partial charge is 0.0798 e. The Kier molecular flexibility index (Phi) is 4.42. The van der Waals surface area contributed by atoms with Crippen molar-refractivity contribution >= 4 is 13.6 Å². The van der Waals surface area contributed by atoms with Crippen LogP contribution in [-0.4, -0.2) is 19.3 Å². The molecule has 2 unspecified atom stereocenters. The highest BCUT2D eigenvalue weighted by atomic mass is 28.3. The van der Waals surface area contributed by atoms with Crippen LogP contribution in [0.15, 0.2) is 41.6 Å². The minimum Gasteiger partial charge on any atom is -0.388 e. The van der Waals surface area contributed by atoms with Crippen molar-refractivity contribution in [2.75, 3.05) is 0 Å². The molecule has 2 heteroatoms. The lowest BCUT2D eigenvalue weighted by atomic mass is 9.80. The van der Waals surface area contributed by atoms with Gasteiger partial charge in [-0.25, -0.2) is 0 Å². The molecular weight excluding hydrogens is 284 g/mol. The van der Waals surface area contributed by atoms with Gasteiger partial charge >= 0.3 is 0 Å². The first-order chi connectivity index (χ1) is 10.5. The SMILES string of the molecule is C[Si](C)(C)/C=C/C1CCC/C1=C1/c2ccccc2CCC1O. The molecule has 22 heavy (non-hydrogen) atoms. The Morgan fingerprint density at radius 3 is 2.64 bits per heavy atom. The number of hydrogen-bond acceptors (Lipinski definition) is 1. The van der Waals surface area contributed by atoms with Gasteiger partial charge in [0.25, 0.3) is 0 Å². The van der Waals surface area contributed by atoms with Gasteiger partial charge < -0.3 is 5.11 Å². The summed E-state index contributed by atoms with van der Waals surface area (Å²) in [6, 6.07) is 8.66. The number of aryl methyl sites for hydroxylation is 1.